The van der Waals surface area contributed by atoms with Crippen molar-refractivity contribution in [3.63, 3.8) is 0 Å². The van der Waals surface area contributed by atoms with Crippen molar-refractivity contribution in [2.75, 3.05) is 4.90 Å². The SMILES string of the molecule is [2H]c1c([2H])c(-c2c([2H])c([2H])c([2H])c3c([2H])c([2H])c([2H])c([2H])c23)c([2H])c([2H])c1-c1c([2H])c([2H])c(N(c2c([2H])c([2H])c(-c3c([2H])c([2H])c([2H])c4c([2H])c([2H])c([2H])c([2H])c34)c([2H])c2[2H])c2c([2H])c([2H])c([2H])c3oc4c([2H])c([2H])c([2H])c([2H])c4c23)c([2H])c1[2H]. The van der Waals surface area contributed by atoms with E-state index in [1.807, 2.05) is 0 Å². The molecule has 0 saturated heterocycles. The molecule has 244 valence electrons. The highest BCUT2D eigenvalue weighted by Gasteiger charge is 2.19. The van der Waals surface area contributed by atoms with Gasteiger partial charge in [-0.15, -0.1) is 0 Å². The Hall–Kier alpha value is -6.90. The van der Waals surface area contributed by atoms with Crippen molar-refractivity contribution in [2.24, 2.45) is 0 Å². The molecule has 10 rings (SSSR count). The summed E-state index contributed by atoms with van der Waals surface area (Å²) in [6.07, 6.45) is 0. The summed E-state index contributed by atoms with van der Waals surface area (Å²) in [6, 6.07) is -34.3. The molecule has 0 aliphatic carbocycles. The molecule has 0 unspecified atom stereocenters. The van der Waals surface area contributed by atoms with Gasteiger partial charge in [0.05, 0.1) is 56.3 Å². The molecule has 0 aliphatic rings. The normalized spacial score (nSPS) is 20.3. The highest BCUT2D eigenvalue weighted by Crippen LogP contribution is 2.44. The van der Waals surface area contributed by atoms with Gasteiger partial charge in [-0.2, -0.15) is 0 Å². The molecule has 0 amide bonds. The lowest BCUT2D eigenvalue weighted by Crippen LogP contribution is -2.10. The molecule has 2 nitrogen and oxygen atoms in total. The van der Waals surface area contributed by atoms with Crippen molar-refractivity contribution in [3.05, 3.63) is 199 Å². The van der Waals surface area contributed by atoms with Crippen LogP contribution in [0, 0.1) is 0 Å². The highest BCUT2D eigenvalue weighted by molar-refractivity contribution is 6.13. The van der Waals surface area contributed by atoms with E-state index in [1.165, 1.54) is 0 Å². The summed E-state index contributed by atoms with van der Waals surface area (Å²) < 4.78 is 302. The van der Waals surface area contributed by atoms with Crippen LogP contribution < -0.4 is 4.90 Å². The van der Waals surface area contributed by atoms with Gasteiger partial charge < -0.3 is 9.32 Å². The number of benzene rings is 9. The van der Waals surface area contributed by atoms with Crippen LogP contribution >= 0.6 is 0 Å². The summed E-state index contributed by atoms with van der Waals surface area (Å²) in [5.41, 5.74) is -10.2. The predicted molar refractivity (Wildman–Crippen MR) is 220 cm³/mol. The van der Waals surface area contributed by atoms with Gasteiger partial charge in [0.15, 0.2) is 0 Å². The third kappa shape index (κ3) is 5.12. The minimum absolute atomic E-state index is 0.372. The lowest BCUT2D eigenvalue weighted by Gasteiger charge is -2.26. The molecule has 0 N–H and O–H groups in total. The summed E-state index contributed by atoms with van der Waals surface area (Å²) in [5, 5.41) is -3.97. The van der Waals surface area contributed by atoms with Crippen LogP contribution in [0.25, 0.3) is 76.9 Å². The largest absolute Gasteiger partial charge is 0.456 e. The molecule has 52 heavy (non-hydrogen) atoms. The van der Waals surface area contributed by atoms with Crippen molar-refractivity contribution >= 4 is 60.5 Å². The van der Waals surface area contributed by atoms with E-state index in [-0.39, 0.29) is 0 Å². The van der Waals surface area contributed by atoms with Crippen molar-refractivity contribution in [2.45, 2.75) is 0 Å². The van der Waals surface area contributed by atoms with E-state index in [1.54, 1.807) is 0 Å². The fourth-order valence-electron chi connectivity index (χ4n) is 5.49. The molecule has 1 heterocycles. The molecule has 0 aliphatic heterocycles. The van der Waals surface area contributed by atoms with Crippen molar-refractivity contribution < 1.29 is 49.7 Å². The second kappa shape index (κ2) is 12.5. The van der Waals surface area contributed by atoms with Gasteiger partial charge in [0.1, 0.15) is 11.2 Å². The number of rotatable bonds is 6. The highest BCUT2D eigenvalue weighted by atomic mass is 16.3. The van der Waals surface area contributed by atoms with Crippen LogP contribution in [-0.4, -0.2) is 0 Å². The molecule has 2 heteroatoms. The summed E-state index contributed by atoms with van der Waals surface area (Å²) in [7, 11) is 0. The molecule has 10 aromatic rings. The molecule has 0 fully saturated rings. The van der Waals surface area contributed by atoms with Crippen LogP contribution in [0.2, 0.25) is 0 Å². The van der Waals surface area contributed by atoms with Crippen LogP contribution in [0.15, 0.2) is 204 Å². The zero-order chi connectivity index (χ0) is 63.2. The summed E-state index contributed by atoms with van der Waals surface area (Å²) in [4.78, 5) is 0.372. The van der Waals surface area contributed by atoms with Gasteiger partial charge in [0.25, 0.3) is 0 Å². The number of nitrogens with zero attached hydrogens (tertiary/aromatic N) is 1. The van der Waals surface area contributed by atoms with Crippen LogP contribution in [0.4, 0.5) is 17.1 Å². The Morgan fingerprint density at radius 2 is 0.769 bits per heavy atom. The van der Waals surface area contributed by atoms with E-state index >= 15 is 0 Å². The Kier molecular flexibility index (Phi) is 2.77. The standard InChI is InChI=1S/C50H33NO/c1-3-14-42-36(10-1)12-7-17-44(42)38-24-22-34(23-25-38)35-26-30-40(31-27-35)51(47-19-9-21-49-50(47)46-16-5-6-20-48(46)52-49)41-32-28-39(29-33-41)45-18-8-13-37-11-2-4-15-43(37)45/h1-33H/i1D,2D,3D,4D,5D,6D,7D,8D,9D,10D,11D,12D,13D,14D,15D,16D,17D,18D,19D,20D,21D,22D,23D,24D,25D,26D,27D,28D,29D,30D,31D,32D,33D. The van der Waals surface area contributed by atoms with Crippen LogP contribution in [0.1, 0.15) is 45.2 Å². The number of para-hydroxylation sites is 1. The number of hydrogen-bond acceptors (Lipinski definition) is 2. The molecule has 0 radical (unpaired) electrons. The minimum Gasteiger partial charge on any atom is -0.456 e. The monoisotopic (exact) mass is 696 g/mol. The quantitative estimate of drug-likeness (QED) is 0.172. The predicted octanol–water partition coefficient (Wildman–Crippen LogP) is 14.4. The molecule has 9 aromatic carbocycles. The second-order valence-corrected chi connectivity index (χ2v) is 10.8. The average molecular weight is 697 g/mol. The molecular weight excluding hydrogens is 631 g/mol. The lowest BCUT2D eigenvalue weighted by atomic mass is 9.96. The van der Waals surface area contributed by atoms with E-state index in [9.17, 15) is 17.8 Å². The van der Waals surface area contributed by atoms with E-state index < -0.39 is 293 Å². The van der Waals surface area contributed by atoms with Crippen molar-refractivity contribution in [1.82, 2.24) is 0 Å². The number of fused-ring (bicyclic) bond motifs is 5. The molecule has 1 aromatic heterocycles. The van der Waals surface area contributed by atoms with Gasteiger partial charge in [0, 0.05) is 16.8 Å². The number of anilines is 3. The van der Waals surface area contributed by atoms with Crippen LogP contribution in [0.3, 0.4) is 0 Å². The minimum atomic E-state index is -1.33. The summed E-state index contributed by atoms with van der Waals surface area (Å²) in [6.45, 7) is 0. The van der Waals surface area contributed by atoms with E-state index in [0.29, 0.717) is 4.90 Å². The first-order valence-corrected chi connectivity index (χ1v) is 15.1. The Bertz CT molecular complexity index is 4720. The Morgan fingerprint density at radius 3 is 1.37 bits per heavy atom. The fourth-order valence-corrected chi connectivity index (χ4v) is 5.49. The van der Waals surface area contributed by atoms with Gasteiger partial charge in [-0.25, -0.2) is 0 Å². The van der Waals surface area contributed by atoms with Gasteiger partial charge in [-0.05, 0) is 97.2 Å². The first-order chi connectivity index (χ1) is 39.5. The molecule has 0 spiro atoms. The maximum absolute atomic E-state index is 9.70. The Balaban J connectivity index is 1.36. The van der Waals surface area contributed by atoms with Crippen LogP contribution in [-0.2, 0) is 0 Å². The third-order valence-electron chi connectivity index (χ3n) is 7.82. The second-order valence-electron chi connectivity index (χ2n) is 10.8. The van der Waals surface area contributed by atoms with Gasteiger partial charge >= 0.3 is 0 Å². The van der Waals surface area contributed by atoms with E-state index in [0.717, 1.165) is 0 Å². The fraction of sp³-hybridized carbons (Fsp3) is 0. The topological polar surface area (TPSA) is 16.4 Å². The molecule has 0 saturated carbocycles. The van der Waals surface area contributed by atoms with E-state index in [4.69, 9.17) is 31.8 Å². The van der Waals surface area contributed by atoms with Crippen molar-refractivity contribution in [1.29, 1.82) is 0 Å². The average Bonchev–Trinajstić information content (AvgIpc) is 1.99. The first kappa shape index (κ1) is 11.6. The lowest BCUT2D eigenvalue weighted by molar-refractivity contribution is 0.669. The molecule has 0 atom stereocenters. The Morgan fingerprint density at radius 1 is 0.346 bits per heavy atom. The Labute approximate surface area is 348 Å². The number of furan rings is 1. The van der Waals surface area contributed by atoms with Gasteiger partial charge in [-0.1, -0.05) is 157 Å². The molecular formula is C50H33NO. The zero-order valence-electron chi connectivity index (χ0n) is 58.9. The maximum Gasteiger partial charge on any atom is 0.137 e. The summed E-state index contributed by atoms with van der Waals surface area (Å²) in [5.74, 6) is 0. The number of hydrogen-bond donors (Lipinski definition) is 0. The van der Waals surface area contributed by atoms with E-state index in [2.05, 4.69) is 0 Å². The summed E-state index contributed by atoms with van der Waals surface area (Å²) >= 11 is 0. The van der Waals surface area contributed by atoms with Crippen molar-refractivity contribution in [3.8, 4) is 33.4 Å². The third-order valence-corrected chi connectivity index (χ3v) is 7.82. The van der Waals surface area contributed by atoms with Gasteiger partial charge in [-0.3, -0.25) is 0 Å². The first-order valence-electron chi connectivity index (χ1n) is 31.6. The maximum atomic E-state index is 9.70. The van der Waals surface area contributed by atoms with Gasteiger partial charge in [0.2, 0.25) is 0 Å². The smallest absolute Gasteiger partial charge is 0.137 e. The molecule has 0 bridgehead atoms. The van der Waals surface area contributed by atoms with Crippen LogP contribution in [0.5, 0.6) is 0 Å². The zero-order valence-corrected chi connectivity index (χ0v) is 25.9.